The highest BCUT2D eigenvalue weighted by Crippen LogP contribution is 2.37. The van der Waals surface area contributed by atoms with Crippen LogP contribution in [-0.2, 0) is 0 Å². The van der Waals surface area contributed by atoms with Crippen molar-refractivity contribution in [2.45, 2.75) is 0 Å². The van der Waals surface area contributed by atoms with Crippen LogP contribution < -0.4 is 10.9 Å². The van der Waals surface area contributed by atoms with Crippen molar-refractivity contribution in [3.8, 4) is 28.5 Å². The van der Waals surface area contributed by atoms with E-state index in [0.29, 0.717) is 39.0 Å². The average Bonchev–Trinajstić information content (AvgIpc) is 3.06. The normalized spacial score (nSPS) is 12.5. The van der Waals surface area contributed by atoms with Crippen LogP contribution in [0.15, 0.2) is 59.4 Å². The van der Waals surface area contributed by atoms with E-state index in [0.717, 1.165) is 0 Å². The van der Waals surface area contributed by atoms with E-state index in [1.54, 1.807) is 42.5 Å². The Bertz CT molecular complexity index is 1550. The molecule has 148 valence electrons. The maximum absolute atomic E-state index is 12.2. The third-order valence-corrected chi connectivity index (χ3v) is 5.37. The maximum atomic E-state index is 12.2. The smallest absolute Gasteiger partial charge is 0.260 e. The summed E-state index contributed by atoms with van der Waals surface area (Å²) in [6, 6.07) is 17.0. The number of aromatic nitrogens is 2. The summed E-state index contributed by atoms with van der Waals surface area (Å²) in [5.41, 5.74) is 3.22. The number of hydrogen-bond acceptors (Lipinski definition) is 5. The highest BCUT2D eigenvalue weighted by molar-refractivity contribution is 6.37. The van der Waals surface area contributed by atoms with Crippen LogP contribution in [0.4, 0.5) is 0 Å². The Balaban J connectivity index is 1.84. The number of nitrogens with one attached hydrogen (secondary N) is 2. The van der Waals surface area contributed by atoms with Gasteiger partial charge < -0.3 is 4.98 Å². The Labute approximate surface area is 179 Å². The summed E-state index contributed by atoms with van der Waals surface area (Å²) in [4.78, 5) is 43.4. The van der Waals surface area contributed by atoms with Crippen LogP contribution in [0.25, 0.3) is 33.4 Å². The molecule has 8 heteroatoms. The molecule has 3 heterocycles. The van der Waals surface area contributed by atoms with Crippen molar-refractivity contribution in [3.05, 3.63) is 86.7 Å². The summed E-state index contributed by atoms with van der Waals surface area (Å²) in [6.07, 6.45) is 0. The zero-order valence-electron chi connectivity index (χ0n) is 15.7. The molecule has 0 aliphatic carbocycles. The van der Waals surface area contributed by atoms with Gasteiger partial charge in [-0.25, -0.2) is 4.98 Å². The Kier molecular flexibility index (Phi) is 4.17. The summed E-state index contributed by atoms with van der Waals surface area (Å²) in [7, 11) is 0. The molecule has 0 saturated heterocycles. The Morgan fingerprint density at radius 2 is 1.74 bits per heavy atom. The number of amides is 2. The summed E-state index contributed by atoms with van der Waals surface area (Å²) < 4.78 is 0. The minimum Gasteiger partial charge on any atom is -0.307 e. The highest BCUT2D eigenvalue weighted by atomic mass is 35.5. The molecule has 1 aliphatic heterocycles. The molecule has 0 radical (unpaired) electrons. The van der Waals surface area contributed by atoms with E-state index in [1.807, 2.05) is 6.07 Å². The summed E-state index contributed by atoms with van der Waals surface area (Å²) >= 11 is 6.35. The molecule has 2 aromatic carbocycles. The second-order valence-corrected chi connectivity index (χ2v) is 7.41. The SMILES string of the molecule is N#Cc1cccc(-c2nc3[nH]c(=O)ccc3cc2-c2cc(Cl)c3c(c2)C(=O)NC3=O)c1. The zero-order chi connectivity index (χ0) is 21.7. The molecule has 4 aromatic rings. The van der Waals surface area contributed by atoms with E-state index in [1.165, 1.54) is 6.07 Å². The molecule has 0 spiro atoms. The minimum absolute atomic E-state index is 0.140. The molecular weight excluding hydrogens is 416 g/mol. The van der Waals surface area contributed by atoms with Gasteiger partial charge in [-0.1, -0.05) is 23.7 Å². The first-order valence-electron chi connectivity index (χ1n) is 9.19. The lowest BCUT2D eigenvalue weighted by atomic mass is 9.95. The van der Waals surface area contributed by atoms with Crippen molar-refractivity contribution in [2.24, 2.45) is 0 Å². The standard InChI is InChI=1S/C23H11ClN4O3/c24-17-9-14(8-16-19(17)23(31)28-22(16)30)15-7-13-4-5-18(29)26-21(13)27-20(15)12-3-1-2-11(6-12)10-25/h1-9H,(H,26,27,29)(H,28,30,31). The lowest BCUT2D eigenvalue weighted by Gasteiger charge is -2.13. The average molecular weight is 427 g/mol. The van der Waals surface area contributed by atoms with Gasteiger partial charge in [-0.15, -0.1) is 0 Å². The van der Waals surface area contributed by atoms with E-state index in [2.05, 4.69) is 21.4 Å². The predicted molar refractivity (Wildman–Crippen MR) is 115 cm³/mol. The van der Waals surface area contributed by atoms with Crippen LogP contribution in [0, 0.1) is 11.3 Å². The van der Waals surface area contributed by atoms with Crippen molar-refractivity contribution in [2.75, 3.05) is 0 Å². The van der Waals surface area contributed by atoms with Crippen molar-refractivity contribution in [1.29, 1.82) is 5.26 Å². The second-order valence-electron chi connectivity index (χ2n) is 7.00. The van der Waals surface area contributed by atoms with Crippen LogP contribution in [0.2, 0.25) is 5.02 Å². The lowest BCUT2D eigenvalue weighted by molar-refractivity contribution is 0.0879. The fraction of sp³-hybridized carbons (Fsp3) is 0. The molecule has 0 atom stereocenters. The Hall–Kier alpha value is -4.28. The number of halogens is 1. The molecule has 5 rings (SSSR count). The Morgan fingerprint density at radius 3 is 2.55 bits per heavy atom. The zero-order valence-corrected chi connectivity index (χ0v) is 16.4. The number of H-pyrrole nitrogens is 1. The predicted octanol–water partition coefficient (Wildman–Crippen LogP) is 3.67. The van der Waals surface area contributed by atoms with Crippen molar-refractivity contribution >= 4 is 34.4 Å². The third-order valence-electron chi connectivity index (χ3n) is 5.07. The molecule has 0 fully saturated rings. The fourth-order valence-electron chi connectivity index (χ4n) is 3.66. The first-order chi connectivity index (χ1) is 14.9. The van der Waals surface area contributed by atoms with Crippen LogP contribution >= 0.6 is 11.6 Å². The van der Waals surface area contributed by atoms with Gasteiger partial charge in [0.2, 0.25) is 5.56 Å². The number of rotatable bonds is 2. The van der Waals surface area contributed by atoms with Gasteiger partial charge >= 0.3 is 0 Å². The van der Waals surface area contributed by atoms with E-state index < -0.39 is 11.8 Å². The van der Waals surface area contributed by atoms with Crippen LogP contribution in [0.5, 0.6) is 0 Å². The van der Waals surface area contributed by atoms with Gasteiger partial charge in [0, 0.05) is 22.6 Å². The topological polar surface area (TPSA) is 116 Å². The molecular formula is C23H11ClN4O3. The Morgan fingerprint density at radius 1 is 0.903 bits per heavy atom. The molecule has 2 N–H and O–H groups in total. The molecule has 7 nitrogen and oxygen atoms in total. The van der Waals surface area contributed by atoms with Gasteiger partial charge in [0.05, 0.1) is 33.5 Å². The first kappa shape index (κ1) is 18.7. The summed E-state index contributed by atoms with van der Waals surface area (Å²) in [5.74, 6) is -1.05. The largest absolute Gasteiger partial charge is 0.307 e. The number of nitriles is 1. The fourth-order valence-corrected chi connectivity index (χ4v) is 3.97. The monoisotopic (exact) mass is 426 g/mol. The maximum Gasteiger partial charge on any atom is 0.260 e. The molecule has 2 amide bonds. The van der Waals surface area contributed by atoms with Crippen LogP contribution in [0.1, 0.15) is 26.3 Å². The van der Waals surface area contributed by atoms with E-state index >= 15 is 0 Å². The molecule has 1 aliphatic rings. The van der Waals surface area contributed by atoms with E-state index in [4.69, 9.17) is 11.6 Å². The number of pyridine rings is 2. The molecule has 2 aromatic heterocycles. The quantitative estimate of drug-likeness (QED) is 0.474. The number of hydrogen-bond donors (Lipinski definition) is 2. The minimum atomic E-state index is -0.535. The van der Waals surface area contributed by atoms with E-state index in [9.17, 15) is 19.6 Å². The number of carbonyl (C=O) groups is 2. The molecule has 0 bridgehead atoms. The van der Waals surface area contributed by atoms with Crippen molar-refractivity contribution < 1.29 is 9.59 Å². The van der Waals surface area contributed by atoms with Gasteiger partial charge in [0.15, 0.2) is 0 Å². The van der Waals surface area contributed by atoms with Crippen LogP contribution in [0.3, 0.4) is 0 Å². The number of aromatic amines is 1. The van der Waals surface area contributed by atoms with Gasteiger partial charge in [-0.3, -0.25) is 19.7 Å². The van der Waals surface area contributed by atoms with Gasteiger partial charge in [-0.05, 0) is 42.0 Å². The number of carbonyl (C=O) groups excluding carboxylic acids is 2. The van der Waals surface area contributed by atoms with Crippen LogP contribution in [-0.4, -0.2) is 21.8 Å². The number of nitrogens with zero attached hydrogens (tertiary/aromatic N) is 2. The highest BCUT2D eigenvalue weighted by Gasteiger charge is 2.30. The number of imide groups is 1. The summed E-state index contributed by atoms with van der Waals surface area (Å²) in [6.45, 7) is 0. The second kappa shape index (κ2) is 6.90. The molecule has 0 unspecified atom stereocenters. The van der Waals surface area contributed by atoms with E-state index in [-0.39, 0.29) is 21.7 Å². The number of fused-ring (bicyclic) bond motifs is 2. The third kappa shape index (κ3) is 3.06. The van der Waals surface area contributed by atoms with Gasteiger partial charge in [0.1, 0.15) is 5.65 Å². The number of benzene rings is 2. The van der Waals surface area contributed by atoms with Crippen molar-refractivity contribution in [1.82, 2.24) is 15.3 Å². The lowest BCUT2D eigenvalue weighted by Crippen LogP contribution is -2.20. The van der Waals surface area contributed by atoms with Crippen molar-refractivity contribution in [3.63, 3.8) is 0 Å². The molecule has 0 saturated carbocycles. The van der Waals surface area contributed by atoms with Gasteiger partial charge in [-0.2, -0.15) is 5.26 Å². The molecule has 31 heavy (non-hydrogen) atoms. The summed E-state index contributed by atoms with van der Waals surface area (Å²) in [5, 5.41) is 12.4. The first-order valence-corrected chi connectivity index (χ1v) is 9.56. The van der Waals surface area contributed by atoms with Gasteiger partial charge in [0.25, 0.3) is 11.8 Å².